The molecule has 0 amide bonds. The summed E-state index contributed by atoms with van der Waals surface area (Å²) in [5.74, 6) is 1.86. The zero-order chi connectivity index (χ0) is 26.8. The van der Waals surface area contributed by atoms with Crippen molar-refractivity contribution in [2.45, 2.75) is 6.92 Å². The number of aromatic nitrogens is 1. The molecule has 0 saturated carbocycles. The highest BCUT2D eigenvalue weighted by Gasteiger charge is 2.42. The van der Waals surface area contributed by atoms with E-state index in [2.05, 4.69) is 0 Å². The monoisotopic (exact) mass is 541 g/mol. The lowest BCUT2D eigenvalue weighted by Crippen LogP contribution is -2.35. The maximum atomic E-state index is 13.7. The van der Waals surface area contributed by atoms with Crippen molar-refractivity contribution in [1.82, 2.24) is 0 Å². The zero-order valence-electron chi connectivity index (χ0n) is 20.4. The lowest BCUT2D eigenvalue weighted by atomic mass is 10.2. The van der Waals surface area contributed by atoms with Crippen LogP contribution in [0.5, 0.6) is 28.7 Å². The molecule has 0 aliphatic rings. The van der Waals surface area contributed by atoms with E-state index in [0.29, 0.717) is 33.6 Å². The number of benzene rings is 3. The van der Waals surface area contributed by atoms with E-state index in [-0.39, 0.29) is 11.5 Å². The van der Waals surface area contributed by atoms with Crippen LogP contribution in [-0.2, 0) is 4.57 Å². The summed E-state index contributed by atoms with van der Waals surface area (Å²) in [6, 6.07) is 22.4. The van der Waals surface area contributed by atoms with Crippen LogP contribution in [0.3, 0.4) is 0 Å². The predicted molar refractivity (Wildman–Crippen MR) is 138 cm³/mol. The molecule has 1 aromatic heterocycles. The highest BCUT2D eigenvalue weighted by molar-refractivity contribution is 7.47. The molecule has 0 bridgehead atoms. The summed E-state index contributed by atoms with van der Waals surface area (Å²) in [6.07, 6.45) is 2.98. The fourth-order valence-corrected chi connectivity index (χ4v) is 4.49. The average Bonchev–Trinajstić information content (AvgIpc) is 2.91. The number of halogens is 1. The Morgan fingerprint density at radius 1 is 0.730 bits per heavy atom. The van der Waals surface area contributed by atoms with Crippen molar-refractivity contribution in [2.24, 2.45) is 0 Å². The van der Waals surface area contributed by atoms with Gasteiger partial charge in [-0.3, -0.25) is 4.79 Å². The number of Topliss-reactive ketones (excluding diaryl/α,β-unsaturated/α-hetero) is 1. The minimum atomic E-state index is -3.89. The molecule has 10 heteroatoms. The van der Waals surface area contributed by atoms with Crippen LogP contribution in [0.2, 0.25) is 5.02 Å². The highest BCUT2D eigenvalue weighted by Crippen LogP contribution is 2.44. The minimum absolute atomic E-state index is 0.00519. The molecule has 0 unspecified atom stereocenters. The molecule has 3 aromatic carbocycles. The number of hydrogen-bond donors (Lipinski definition) is 0. The summed E-state index contributed by atoms with van der Waals surface area (Å²) in [7, 11) is -0.778. The van der Waals surface area contributed by atoms with Gasteiger partial charge in [-0.1, -0.05) is 28.1 Å². The summed E-state index contributed by atoms with van der Waals surface area (Å²) in [6.45, 7) is 1.46. The lowest BCUT2D eigenvalue weighted by Gasteiger charge is -2.14. The van der Waals surface area contributed by atoms with Gasteiger partial charge in [-0.25, -0.2) is 0 Å². The van der Waals surface area contributed by atoms with Crippen LogP contribution in [0, 0.1) is 0 Å². The number of carbonyl (C=O) groups is 1. The molecule has 8 nitrogen and oxygen atoms in total. The van der Waals surface area contributed by atoms with Gasteiger partial charge in [0.05, 0.1) is 14.2 Å². The van der Waals surface area contributed by atoms with Gasteiger partial charge in [0.15, 0.2) is 18.2 Å². The topological polar surface area (TPSA) is 98.0 Å². The third-order valence-electron chi connectivity index (χ3n) is 4.88. The molecular formula is C27H25ClNO7P. The largest absolute Gasteiger partial charge is 0.872 e. The van der Waals surface area contributed by atoms with Crippen molar-refractivity contribution in [1.29, 1.82) is 0 Å². The molecule has 4 aromatic rings. The number of carbonyl (C=O) groups excluding carboxylic acids is 1. The second-order valence-electron chi connectivity index (χ2n) is 7.48. The zero-order valence-corrected chi connectivity index (χ0v) is 22.0. The highest BCUT2D eigenvalue weighted by atomic mass is 35.5. The molecule has 192 valence electrons. The van der Waals surface area contributed by atoms with Gasteiger partial charge in [-0.05, 0) is 67.6 Å². The third kappa shape index (κ3) is 8.00. The van der Waals surface area contributed by atoms with E-state index < -0.39 is 7.75 Å². The van der Waals surface area contributed by atoms with Crippen LogP contribution in [0.1, 0.15) is 17.3 Å². The van der Waals surface area contributed by atoms with Crippen molar-refractivity contribution in [3.63, 3.8) is 0 Å². The second-order valence-corrected chi connectivity index (χ2v) is 9.68. The van der Waals surface area contributed by atoms with E-state index in [9.17, 15) is 14.5 Å². The first kappa shape index (κ1) is 27.6. The maximum absolute atomic E-state index is 13.7. The summed E-state index contributed by atoms with van der Waals surface area (Å²) in [5, 5.41) is 11.0. The Kier molecular flexibility index (Phi) is 9.55. The smallest absolute Gasteiger partial charge is 0.728 e. The average molecular weight is 542 g/mol. The molecule has 0 aliphatic heterocycles. The molecule has 0 saturated heterocycles. The van der Waals surface area contributed by atoms with Gasteiger partial charge in [0.25, 0.3) is 0 Å². The number of nitrogens with zero attached hydrogens (tertiary/aromatic N) is 1. The van der Waals surface area contributed by atoms with Crippen LogP contribution >= 0.6 is 19.3 Å². The summed E-state index contributed by atoms with van der Waals surface area (Å²) in [4.78, 5) is 11.5. The number of ketones is 1. The SMILES string of the molecule is COc1ccc(OP(=O)(Oc2ccc(OC)cc2)[n+]2ccc(C(C)=O)cc2)cc1.[O-]c1ccc(Cl)cc1. The fourth-order valence-electron chi connectivity index (χ4n) is 2.90. The van der Waals surface area contributed by atoms with E-state index in [4.69, 9.17) is 30.1 Å². The maximum Gasteiger partial charge on any atom is 0.728 e. The van der Waals surface area contributed by atoms with Crippen molar-refractivity contribution in [2.75, 3.05) is 14.2 Å². The van der Waals surface area contributed by atoms with Crippen LogP contribution in [0.4, 0.5) is 0 Å². The molecule has 0 spiro atoms. The van der Waals surface area contributed by atoms with Crippen molar-refractivity contribution < 1.29 is 37.3 Å². The predicted octanol–water partition coefficient (Wildman–Crippen LogP) is 5.72. The Labute approximate surface area is 220 Å². The Balaban J connectivity index is 0.000000405. The van der Waals surface area contributed by atoms with Crippen LogP contribution in [0.25, 0.3) is 0 Å². The first-order valence-corrected chi connectivity index (χ1v) is 12.8. The standard InChI is InChI=1S/C21H21NO6P.C6H5ClO/c1-16(23)17-12-14-22(15-13-17)29(24,27-20-8-4-18(25-2)5-9-20)28-21-10-6-19(26-3)7-11-21;7-5-1-3-6(8)4-2-5/h4-15H,1-3H3;1-4,8H/q+1;/p-1. The van der Waals surface area contributed by atoms with Crippen LogP contribution < -0.4 is 28.0 Å². The first-order chi connectivity index (χ1) is 17.7. The van der Waals surface area contributed by atoms with Gasteiger partial charge in [0, 0.05) is 22.7 Å². The first-order valence-electron chi connectivity index (χ1n) is 11.0. The Bertz CT molecular complexity index is 1270. The number of ether oxygens (including phenoxy) is 2. The van der Waals surface area contributed by atoms with Gasteiger partial charge in [-0.15, -0.1) is 5.75 Å². The second kappa shape index (κ2) is 12.8. The van der Waals surface area contributed by atoms with Gasteiger partial charge >= 0.3 is 7.75 Å². The Morgan fingerprint density at radius 2 is 1.14 bits per heavy atom. The molecule has 0 radical (unpaired) electrons. The third-order valence-corrected chi connectivity index (χ3v) is 6.84. The van der Waals surface area contributed by atoms with Crippen molar-refractivity contribution in [3.8, 4) is 28.7 Å². The van der Waals surface area contributed by atoms with Crippen LogP contribution in [-0.4, -0.2) is 20.0 Å². The molecule has 0 atom stereocenters. The van der Waals surface area contributed by atoms with Crippen molar-refractivity contribution in [3.05, 3.63) is 108 Å². The van der Waals surface area contributed by atoms with Crippen molar-refractivity contribution >= 4 is 25.1 Å². The quantitative estimate of drug-likeness (QED) is 0.208. The fraction of sp³-hybridized carbons (Fsp3) is 0.111. The number of methoxy groups -OCH3 is 2. The number of pyridine rings is 1. The van der Waals surface area contributed by atoms with Crippen LogP contribution in [0.15, 0.2) is 97.3 Å². The molecule has 4 rings (SSSR count). The lowest BCUT2D eigenvalue weighted by molar-refractivity contribution is -0.536. The summed E-state index contributed by atoms with van der Waals surface area (Å²) >= 11 is 5.47. The molecule has 1 heterocycles. The van der Waals surface area contributed by atoms with E-state index in [1.807, 2.05) is 0 Å². The molecule has 0 aliphatic carbocycles. The minimum Gasteiger partial charge on any atom is -0.872 e. The van der Waals surface area contributed by atoms with E-state index >= 15 is 0 Å². The number of rotatable bonds is 8. The number of hydrogen-bond acceptors (Lipinski definition) is 7. The normalized spacial score (nSPS) is 10.5. The molecule has 0 N–H and O–H groups in total. The van der Waals surface area contributed by atoms with E-state index in [1.165, 1.54) is 35.8 Å². The Hall–Kier alpha value is -4.00. The van der Waals surface area contributed by atoms with Gasteiger partial charge in [0.1, 0.15) is 23.0 Å². The summed E-state index contributed by atoms with van der Waals surface area (Å²) < 4.78 is 36.8. The molecular weight excluding hydrogens is 517 g/mol. The van der Waals surface area contributed by atoms with E-state index in [0.717, 1.165) is 0 Å². The van der Waals surface area contributed by atoms with Gasteiger partial charge in [-0.2, -0.15) is 4.57 Å². The van der Waals surface area contributed by atoms with Gasteiger partial charge < -0.3 is 23.6 Å². The molecule has 0 fully saturated rings. The van der Waals surface area contributed by atoms with Gasteiger partial charge in [0.2, 0.25) is 0 Å². The Morgan fingerprint density at radius 3 is 1.49 bits per heavy atom. The molecule has 37 heavy (non-hydrogen) atoms. The van der Waals surface area contributed by atoms with E-state index in [1.54, 1.807) is 87.0 Å². The summed E-state index contributed by atoms with van der Waals surface area (Å²) in [5.41, 5.74) is 0.488.